The summed E-state index contributed by atoms with van der Waals surface area (Å²) < 4.78 is 0. The molecule has 1 heterocycles. The van der Waals surface area contributed by atoms with Crippen LogP contribution >= 0.6 is 11.8 Å². The number of nitro groups is 1. The van der Waals surface area contributed by atoms with Crippen molar-refractivity contribution < 1.29 is 14.5 Å². The third-order valence-electron chi connectivity index (χ3n) is 3.83. The van der Waals surface area contributed by atoms with Crippen LogP contribution in [-0.4, -0.2) is 57.3 Å². The lowest BCUT2D eigenvalue weighted by atomic mass is 10.1. The highest BCUT2D eigenvalue weighted by molar-refractivity contribution is 7.99. The number of hydrogen-bond donors (Lipinski definition) is 0. The molecule has 0 saturated carbocycles. The lowest BCUT2D eigenvalue weighted by molar-refractivity contribution is -0.385. The third kappa shape index (κ3) is 3.47. The Morgan fingerprint density at radius 3 is 2.61 bits per heavy atom. The molecule has 1 aromatic rings. The van der Waals surface area contributed by atoms with E-state index in [-0.39, 0.29) is 17.2 Å². The maximum Gasteiger partial charge on any atom is 0.282 e. The summed E-state index contributed by atoms with van der Waals surface area (Å²) in [5, 5.41) is 11.1. The van der Waals surface area contributed by atoms with Crippen LogP contribution < -0.4 is 0 Å². The zero-order valence-electron chi connectivity index (χ0n) is 13.1. The Hall–Kier alpha value is -2.09. The molecule has 1 unspecified atom stereocenters. The van der Waals surface area contributed by atoms with Crippen molar-refractivity contribution in [3.8, 4) is 0 Å². The Morgan fingerprint density at radius 1 is 1.35 bits per heavy atom. The molecule has 8 heteroatoms. The van der Waals surface area contributed by atoms with Crippen LogP contribution in [0.15, 0.2) is 24.3 Å². The molecule has 1 fully saturated rings. The lowest BCUT2D eigenvalue weighted by Crippen LogP contribution is -2.49. The molecule has 0 N–H and O–H groups in total. The van der Waals surface area contributed by atoms with Gasteiger partial charge in [0.1, 0.15) is 11.6 Å². The van der Waals surface area contributed by atoms with Gasteiger partial charge in [0.2, 0.25) is 5.91 Å². The Balaban J connectivity index is 2.28. The van der Waals surface area contributed by atoms with Crippen LogP contribution in [0.2, 0.25) is 0 Å². The molecular formula is C15H19N3O4S. The van der Waals surface area contributed by atoms with Gasteiger partial charge in [0.15, 0.2) is 0 Å². The van der Waals surface area contributed by atoms with Crippen LogP contribution in [0.4, 0.5) is 5.69 Å². The summed E-state index contributed by atoms with van der Waals surface area (Å²) in [5.74, 6) is 0.310. The number of carbonyl (C=O) groups excluding carboxylic acids is 2. The third-order valence-corrected chi connectivity index (χ3v) is 4.85. The second-order valence-corrected chi connectivity index (χ2v) is 6.08. The predicted octanol–water partition coefficient (Wildman–Crippen LogP) is 1.98. The molecule has 23 heavy (non-hydrogen) atoms. The van der Waals surface area contributed by atoms with E-state index >= 15 is 0 Å². The Kier molecular flexibility index (Phi) is 5.59. The van der Waals surface area contributed by atoms with E-state index in [0.29, 0.717) is 24.7 Å². The maximum absolute atomic E-state index is 12.7. The predicted molar refractivity (Wildman–Crippen MR) is 88.3 cm³/mol. The van der Waals surface area contributed by atoms with Crippen molar-refractivity contribution in [2.45, 2.75) is 19.9 Å². The number of carbonyl (C=O) groups is 2. The monoisotopic (exact) mass is 337 g/mol. The Bertz CT molecular complexity index is 618. The molecule has 7 nitrogen and oxygen atoms in total. The smallest absolute Gasteiger partial charge is 0.282 e. The lowest BCUT2D eigenvalue weighted by Gasteiger charge is -2.28. The van der Waals surface area contributed by atoms with E-state index < -0.39 is 16.9 Å². The van der Waals surface area contributed by atoms with Gasteiger partial charge in [0.25, 0.3) is 11.6 Å². The number of hydrogen-bond acceptors (Lipinski definition) is 5. The highest BCUT2D eigenvalue weighted by atomic mass is 32.2. The molecule has 0 aromatic heterocycles. The van der Waals surface area contributed by atoms with Crippen molar-refractivity contribution >= 4 is 29.3 Å². The summed E-state index contributed by atoms with van der Waals surface area (Å²) >= 11 is 1.48. The van der Waals surface area contributed by atoms with E-state index in [1.165, 1.54) is 34.9 Å². The van der Waals surface area contributed by atoms with Crippen LogP contribution in [0.25, 0.3) is 0 Å². The quantitative estimate of drug-likeness (QED) is 0.606. The molecule has 1 aromatic carbocycles. The average molecular weight is 337 g/mol. The van der Waals surface area contributed by atoms with Gasteiger partial charge < -0.3 is 9.80 Å². The summed E-state index contributed by atoms with van der Waals surface area (Å²) in [6.45, 7) is 4.92. The molecule has 1 atom stereocenters. The first kappa shape index (κ1) is 17.3. The highest BCUT2D eigenvalue weighted by Crippen LogP contribution is 2.27. The van der Waals surface area contributed by atoms with E-state index in [9.17, 15) is 19.7 Å². The van der Waals surface area contributed by atoms with Gasteiger partial charge >= 0.3 is 0 Å². The summed E-state index contributed by atoms with van der Waals surface area (Å²) in [6.07, 6.45) is 0. The van der Waals surface area contributed by atoms with E-state index in [1.54, 1.807) is 11.0 Å². The first-order valence-corrected chi connectivity index (χ1v) is 8.57. The number of likely N-dealkylation sites (N-methyl/N-ethyl adjacent to an activating group) is 1. The second kappa shape index (κ2) is 7.45. The van der Waals surface area contributed by atoms with Crippen molar-refractivity contribution in [2.24, 2.45) is 0 Å². The van der Waals surface area contributed by atoms with Gasteiger partial charge in [0.05, 0.1) is 10.8 Å². The molecule has 124 valence electrons. The standard InChI is InChI=1S/C15H19N3O4S/c1-3-16(4-2)15(20)13-9-23-10-17(13)14(19)11-7-5-6-8-12(11)18(21)22/h5-8,13H,3-4,9-10H2,1-2H3. The van der Waals surface area contributed by atoms with E-state index in [2.05, 4.69) is 0 Å². The highest BCUT2D eigenvalue weighted by Gasteiger charge is 2.38. The maximum atomic E-state index is 12.7. The molecule has 1 saturated heterocycles. The molecule has 0 aliphatic carbocycles. The van der Waals surface area contributed by atoms with Crippen molar-refractivity contribution in [2.75, 3.05) is 24.7 Å². The minimum Gasteiger partial charge on any atom is -0.341 e. The first-order chi connectivity index (χ1) is 11.0. The molecular weight excluding hydrogens is 318 g/mol. The van der Waals surface area contributed by atoms with Gasteiger partial charge in [-0.25, -0.2) is 0 Å². The number of nitrogens with zero attached hydrogens (tertiary/aromatic N) is 3. The SMILES string of the molecule is CCN(CC)C(=O)C1CSCN1C(=O)c1ccccc1[N+](=O)[O-]. The summed E-state index contributed by atoms with van der Waals surface area (Å²) in [7, 11) is 0. The summed E-state index contributed by atoms with van der Waals surface area (Å²) in [6, 6.07) is 5.28. The van der Waals surface area contributed by atoms with Crippen LogP contribution in [0, 0.1) is 10.1 Å². The number of benzene rings is 1. The molecule has 1 aliphatic rings. The van der Waals surface area contributed by atoms with Gasteiger partial charge in [-0.05, 0) is 19.9 Å². The number of para-hydroxylation sites is 1. The molecule has 0 spiro atoms. The Morgan fingerprint density at radius 2 is 2.00 bits per heavy atom. The van der Waals surface area contributed by atoms with Gasteiger partial charge in [-0.1, -0.05) is 12.1 Å². The van der Waals surface area contributed by atoms with Crippen LogP contribution in [0.3, 0.4) is 0 Å². The second-order valence-electron chi connectivity index (χ2n) is 5.08. The molecule has 2 amide bonds. The fourth-order valence-electron chi connectivity index (χ4n) is 2.56. The molecule has 1 aliphatic heterocycles. The fraction of sp³-hybridized carbons (Fsp3) is 0.467. The minimum absolute atomic E-state index is 0.0253. The number of nitro benzene ring substituents is 1. The van der Waals surface area contributed by atoms with E-state index in [1.807, 2.05) is 13.8 Å². The number of amides is 2. The first-order valence-electron chi connectivity index (χ1n) is 7.42. The van der Waals surface area contributed by atoms with Crippen molar-refractivity contribution in [3.05, 3.63) is 39.9 Å². The van der Waals surface area contributed by atoms with Gasteiger partial charge in [-0.15, -0.1) is 11.8 Å². The normalized spacial score (nSPS) is 17.1. The number of thioether (sulfide) groups is 1. The fourth-order valence-corrected chi connectivity index (χ4v) is 3.71. The van der Waals surface area contributed by atoms with Crippen molar-refractivity contribution in [1.82, 2.24) is 9.80 Å². The Labute approximate surface area is 138 Å². The van der Waals surface area contributed by atoms with E-state index in [0.717, 1.165) is 0 Å². The van der Waals surface area contributed by atoms with Crippen LogP contribution in [0.5, 0.6) is 0 Å². The van der Waals surface area contributed by atoms with Crippen molar-refractivity contribution in [3.63, 3.8) is 0 Å². The minimum atomic E-state index is -0.572. The van der Waals surface area contributed by atoms with Gasteiger partial charge in [0, 0.05) is 24.9 Å². The van der Waals surface area contributed by atoms with Crippen LogP contribution in [0.1, 0.15) is 24.2 Å². The average Bonchev–Trinajstić information content (AvgIpc) is 3.04. The van der Waals surface area contributed by atoms with Gasteiger partial charge in [-0.2, -0.15) is 0 Å². The van der Waals surface area contributed by atoms with Gasteiger partial charge in [-0.3, -0.25) is 19.7 Å². The summed E-state index contributed by atoms with van der Waals surface area (Å²) in [5.41, 5.74) is -0.208. The molecule has 0 bridgehead atoms. The van der Waals surface area contributed by atoms with E-state index in [4.69, 9.17) is 0 Å². The zero-order chi connectivity index (χ0) is 17.0. The van der Waals surface area contributed by atoms with Crippen molar-refractivity contribution in [1.29, 1.82) is 0 Å². The molecule has 2 rings (SSSR count). The zero-order valence-corrected chi connectivity index (χ0v) is 13.9. The summed E-state index contributed by atoms with van der Waals surface area (Å²) in [4.78, 5) is 38.9. The molecule has 0 radical (unpaired) electrons. The number of rotatable bonds is 5. The van der Waals surface area contributed by atoms with Crippen LogP contribution in [-0.2, 0) is 4.79 Å². The topological polar surface area (TPSA) is 83.8 Å². The largest absolute Gasteiger partial charge is 0.341 e.